The maximum Gasteiger partial charge on any atom is 0.260 e. The molecule has 1 saturated carbocycles. The molecule has 0 radical (unpaired) electrons. The third-order valence-electron chi connectivity index (χ3n) is 5.53. The normalized spacial score (nSPS) is 27.9. The second kappa shape index (κ2) is 7.37. The molecule has 2 aliphatic heterocycles. The summed E-state index contributed by atoms with van der Waals surface area (Å²) < 4.78 is 26.8. The van der Waals surface area contributed by atoms with Crippen LogP contribution in [0.4, 0.5) is 14.7 Å². The molecule has 1 aromatic rings. The van der Waals surface area contributed by atoms with Crippen LogP contribution in [0.25, 0.3) is 5.57 Å². The van der Waals surface area contributed by atoms with E-state index in [2.05, 4.69) is 20.3 Å². The van der Waals surface area contributed by atoms with Crippen LogP contribution in [0.3, 0.4) is 0 Å². The van der Waals surface area contributed by atoms with Crippen molar-refractivity contribution in [2.75, 3.05) is 12.4 Å². The highest BCUT2D eigenvalue weighted by atomic mass is 35.5. The molecule has 1 aliphatic carbocycles. The smallest absolute Gasteiger partial charge is 0.260 e. The van der Waals surface area contributed by atoms with Crippen molar-refractivity contribution >= 4 is 35.2 Å². The minimum absolute atomic E-state index is 0.113. The van der Waals surface area contributed by atoms with Crippen molar-refractivity contribution in [3.63, 3.8) is 0 Å². The number of amides is 1. The molecule has 2 bridgehead atoms. The van der Waals surface area contributed by atoms with Crippen LogP contribution in [-0.2, 0) is 4.79 Å². The summed E-state index contributed by atoms with van der Waals surface area (Å²) in [7, 11) is 1.62. The summed E-state index contributed by atoms with van der Waals surface area (Å²) in [6.45, 7) is 0. The number of fused-ring (bicyclic) bond motifs is 2. The maximum atomic E-state index is 13.4. The third-order valence-corrected chi connectivity index (χ3v) is 5.80. The van der Waals surface area contributed by atoms with Crippen molar-refractivity contribution in [1.29, 1.82) is 0 Å². The molecule has 1 aromatic heterocycles. The van der Waals surface area contributed by atoms with Gasteiger partial charge in [0.25, 0.3) is 5.92 Å². The first-order valence-corrected chi connectivity index (χ1v) is 9.76. The van der Waals surface area contributed by atoms with E-state index < -0.39 is 17.7 Å². The largest absolute Gasteiger partial charge is 0.403 e. The van der Waals surface area contributed by atoms with Crippen molar-refractivity contribution in [3.05, 3.63) is 34.9 Å². The van der Waals surface area contributed by atoms with Gasteiger partial charge in [-0.3, -0.25) is 9.79 Å². The molecule has 3 atom stereocenters. The van der Waals surface area contributed by atoms with Crippen molar-refractivity contribution < 1.29 is 13.6 Å². The van der Waals surface area contributed by atoms with Crippen LogP contribution in [-0.4, -0.2) is 52.0 Å². The lowest BCUT2D eigenvalue weighted by Gasteiger charge is -2.34. The highest BCUT2D eigenvalue weighted by molar-refractivity contribution is 6.32. The average Bonchev–Trinajstić information content (AvgIpc) is 3.25. The van der Waals surface area contributed by atoms with Crippen LogP contribution in [0.2, 0.25) is 5.02 Å². The van der Waals surface area contributed by atoms with Gasteiger partial charge < -0.3 is 16.0 Å². The predicted octanol–water partition coefficient (Wildman–Crippen LogP) is 2.84. The Bertz CT molecular complexity index is 931. The minimum atomic E-state index is -2.85. The van der Waals surface area contributed by atoms with Crippen LogP contribution >= 0.6 is 11.6 Å². The van der Waals surface area contributed by atoms with Gasteiger partial charge in [-0.05, 0) is 24.8 Å². The minimum Gasteiger partial charge on any atom is -0.403 e. The third kappa shape index (κ3) is 3.71. The molecule has 7 nitrogen and oxygen atoms in total. The standard InChI is InChI=1S/C19H21ClF2N6O/c1-24-8-11(7-23)26-18-25-9-15(20)16(27-18)10-4-12-2-3-13(5-10)28(12)17(29)14-6-19(14,21)22/h4,7-9,12-14H,2-3,5-6,23H2,1H3,(H,25,26,27). The second-order valence-corrected chi connectivity index (χ2v) is 7.89. The van der Waals surface area contributed by atoms with E-state index >= 15 is 0 Å². The molecule has 3 aliphatic rings. The highest BCUT2D eigenvalue weighted by Gasteiger charge is 2.63. The lowest BCUT2D eigenvalue weighted by molar-refractivity contribution is -0.137. The van der Waals surface area contributed by atoms with E-state index in [1.54, 1.807) is 11.9 Å². The van der Waals surface area contributed by atoms with Gasteiger partial charge in [-0.1, -0.05) is 17.7 Å². The van der Waals surface area contributed by atoms with E-state index in [4.69, 9.17) is 17.3 Å². The average molecular weight is 423 g/mol. The molecule has 3 heterocycles. The molecule has 154 valence electrons. The Hall–Kier alpha value is -2.55. The summed E-state index contributed by atoms with van der Waals surface area (Å²) in [5.41, 5.74) is 7.54. The Balaban J connectivity index is 1.57. The Morgan fingerprint density at radius 2 is 2.24 bits per heavy atom. The SMILES string of the molecule is CN=CC(=CN)Nc1ncc(Cl)c(C2=CC3CCC(C2)N3C(=O)C2CC2(F)F)n1. The van der Waals surface area contributed by atoms with E-state index in [1.165, 1.54) is 18.6 Å². The lowest BCUT2D eigenvalue weighted by Crippen LogP contribution is -2.44. The van der Waals surface area contributed by atoms with Gasteiger partial charge in [-0.25, -0.2) is 18.7 Å². The summed E-state index contributed by atoms with van der Waals surface area (Å²) in [6.07, 6.45) is 8.00. The van der Waals surface area contributed by atoms with Gasteiger partial charge in [0.1, 0.15) is 5.92 Å². The monoisotopic (exact) mass is 422 g/mol. The summed E-state index contributed by atoms with van der Waals surface area (Å²) in [5, 5.41) is 3.35. The van der Waals surface area contributed by atoms with Gasteiger partial charge in [0.15, 0.2) is 0 Å². The number of alkyl halides is 2. The van der Waals surface area contributed by atoms with Gasteiger partial charge in [-0.15, -0.1) is 0 Å². The topological polar surface area (TPSA) is 96.5 Å². The number of nitrogens with one attached hydrogen (secondary N) is 1. The quantitative estimate of drug-likeness (QED) is 0.711. The number of rotatable bonds is 5. The Labute approximate surface area is 171 Å². The molecule has 3 N–H and O–H groups in total. The van der Waals surface area contributed by atoms with Crippen molar-refractivity contribution in [1.82, 2.24) is 14.9 Å². The first-order valence-electron chi connectivity index (χ1n) is 9.38. The molecular weight excluding hydrogens is 402 g/mol. The summed E-state index contributed by atoms with van der Waals surface area (Å²) >= 11 is 6.33. The van der Waals surface area contributed by atoms with Crippen LogP contribution in [0.5, 0.6) is 0 Å². The maximum absolute atomic E-state index is 13.4. The van der Waals surface area contributed by atoms with Gasteiger partial charge in [0.2, 0.25) is 11.9 Å². The molecular formula is C19H21ClF2N6O. The van der Waals surface area contributed by atoms with Crippen molar-refractivity contribution in [3.8, 4) is 0 Å². The van der Waals surface area contributed by atoms with E-state index in [-0.39, 0.29) is 18.5 Å². The van der Waals surface area contributed by atoms with E-state index in [0.717, 1.165) is 18.4 Å². The van der Waals surface area contributed by atoms with Crippen molar-refractivity contribution in [2.45, 2.75) is 43.7 Å². The Morgan fingerprint density at radius 3 is 2.86 bits per heavy atom. The molecule has 0 aromatic carbocycles. The Morgan fingerprint density at radius 1 is 1.48 bits per heavy atom. The number of nitrogens with two attached hydrogens (primary N) is 1. The number of allylic oxidation sites excluding steroid dienone is 1. The molecule has 0 spiro atoms. The number of hydrogen-bond donors (Lipinski definition) is 2. The molecule has 4 rings (SSSR count). The fourth-order valence-electron chi connectivity index (χ4n) is 4.05. The van der Waals surface area contributed by atoms with E-state index in [9.17, 15) is 13.6 Å². The fraction of sp³-hybridized carbons (Fsp3) is 0.474. The van der Waals surface area contributed by atoms with Crippen molar-refractivity contribution in [2.24, 2.45) is 16.6 Å². The van der Waals surface area contributed by atoms with Gasteiger partial charge in [0, 0.05) is 31.9 Å². The van der Waals surface area contributed by atoms with Gasteiger partial charge in [-0.2, -0.15) is 0 Å². The summed E-state index contributed by atoms with van der Waals surface area (Å²) in [4.78, 5) is 26.7. The fourth-order valence-corrected chi connectivity index (χ4v) is 4.26. The van der Waals surface area contributed by atoms with Crippen LogP contribution in [0.1, 0.15) is 31.4 Å². The number of halogens is 3. The summed E-state index contributed by atoms with van der Waals surface area (Å²) in [5.74, 6) is -4.15. The lowest BCUT2D eigenvalue weighted by atomic mass is 9.97. The number of carbonyl (C=O) groups is 1. The number of anilines is 1. The Kier molecular flexibility index (Phi) is 5.02. The second-order valence-electron chi connectivity index (χ2n) is 7.48. The number of aromatic nitrogens is 2. The van der Waals surface area contributed by atoms with Gasteiger partial charge in [0.05, 0.1) is 28.7 Å². The zero-order valence-corrected chi connectivity index (χ0v) is 16.5. The molecule has 1 saturated heterocycles. The molecule has 1 amide bonds. The number of carbonyl (C=O) groups excluding carboxylic acids is 1. The van der Waals surface area contributed by atoms with Crippen LogP contribution in [0.15, 0.2) is 29.2 Å². The first-order chi connectivity index (χ1) is 13.8. The highest BCUT2D eigenvalue weighted by Crippen LogP contribution is 2.51. The van der Waals surface area contributed by atoms with Gasteiger partial charge >= 0.3 is 0 Å². The molecule has 3 unspecified atom stereocenters. The zero-order chi connectivity index (χ0) is 20.8. The molecule has 10 heteroatoms. The van der Waals surface area contributed by atoms with Crippen LogP contribution < -0.4 is 11.1 Å². The molecule has 29 heavy (non-hydrogen) atoms. The zero-order valence-electron chi connectivity index (χ0n) is 15.8. The van der Waals surface area contributed by atoms with Crippen LogP contribution in [0, 0.1) is 5.92 Å². The first kappa shape index (κ1) is 19.8. The van der Waals surface area contributed by atoms with E-state index in [0.29, 0.717) is 28.8 Å². The summed E-state index contributed by atoms with van der Waals surface area (Å²) in [6, 6.07) is -0.320. The van der Waals surface area contributed by atoms with E-state index in [1.807, 2.05) is 6.08 Å². The molecule has 2 fully saturated rings. The predicted molar refractivity (Wildman–Crippen MR) is 107 cm³/mol. The number of hydrogen-bond acceptors (Lipinski definition) is 6. The number of aliphatic imine (C=N–C) groups is 1. The number of nitrogens with zero attached hydrogens (tertiary/aromatic N) is 4.